The van der Waals surface area contributed by atoms with Gasteiger partial charge < -0.3 is 0 Å². The first-order valence-corrected chi connectivity index (χ1v) is 38.5. The van der Waals surface area contributed by atoms with Crippen LogP contribution in [-0.4, -0.2) is 41.3 Å². The van der Waals surface area contributed by atoms with Crippen LogP contribution in [0.15, 0.2) is 12.1 Å². The maximum atomic E-state index is 2.93. The summed E-state index contributed by atoms with van der Waals surface area (Å²) in [7, 11) is 0. The van der Waals surface area contributed by atoms with E-state index in [4.69, 9.17) is 0 Å². The summed E-state index contributed by atoms with van der Waals surface area (Å²) in [4.78, 5) is 15.5. The number of rotatable bonds is 17. The van der Waals surface area contributed by atoms with Gasteiger partial charge in [-0.1, -0.05) is 13.8 Å². The van der Waals surface area contributed by atoms with Gasteiger partial charge in [0, 0.05) is 0 Å². The van der Waals surface area contributed by atoms with Gasteiger partial charge in [-0.3, -0.25) is 0 Å². The molecular weight excluding hydrogens is 744 g/mol. The minimum absolute atomic E-state index is 0.654. The number of unbranched alkanes of at least 4 members (excludes halogenated alkanes) is 10. The molecule has 0 saturated carbocycles. The molecule has 4 aromatic heterocycles. The molecule has 1 nitrogen and oxygen atoms in total. The van der Waals surface area contributed by atoms with Gasteiger partial charge in [0.15, 0.2) is 0 Å². The summed E-state index contributed by atoms with van der Waals surface area (Å²) in [6, 6.07) is 5.95. The summed E-state index contributed by atoms with van der Waals surface area (Å²) in [5.74, 6) is 0. The third-order valence-corrected chi connectivity index (χ3v) is 30.9. The molecule has 0 N–H and O–H groups in total. The van der Waals surface area contributed by atoms with E-state index in [1.54, 1.807) is 35.6 Å². The van der Waals surface area contributed by atoms with Crippen molar-refractivity contribution >= 4 is 106 Å². The zero-order valence-electron chi connectivity index (χ0n) is 26.3. The molecule has 39 heavy (non-hydrogen) atoms. The fourth-order valence-corrected chi connectivity index (χ4v) is 20.5. The molecule has 218 valence electrons. The molecular formula is C33H55NS3Sn2. The molecule has 4 heterocycles. The molecule has 0 saturated heterocycles. The van der Waals surface area contributed by atoms with Crippen molar-refractivity contribution < 1.29 is 0 Å². The third-order valence-electron chi connectivity index (χ3n) is 8.38. The molecule has 0 unspecified atom stereocenters. The molecule has 4 rings (SSSR count). The van der Waals surface area contributed by atoms with Gasteiger partial charge in [0.05, 0.1) is 0 Å². The second kappa shape index (κ2) is 14.5. The van der Waals surface area contributed by atoms with Crippen molar-refractivity contribution in [3.05, 3.63) is 12.1 Å². The first-order valence-electron chi connectivity index (χ1n) is 16.1. The summed E-state index contributed by atoms with van der Waals surface area (Å²) < 4.78 is 12.9. The normalized spacial score (nSPS) is 13.3. The van der Waals surface area contributed by atoms with Crippen molar-refractivity contribution in [1.29, 1.82) is 0 Å². The fourth-order valence-electron chi connectivity index (χ4n) is 5.93. The number of nitrogens with zero attached hydrogens (tertiary/aromatic N) is 1. The molecule has 0 radical (unpaired) electrons. The Kier molecular flexibility index (Phi) is 12.1. The van der Waals surface area contributed by atoms with E-state index in [9.17, 15) is 0 Å². The van der Waals surface area contributed by atoms with Crippen LogP contribution in [0.2, 0.25) is 29.6 Å². The molecule has 0 aromatic carbocycles. The summed E-state index contributed by atoms with van der Waals surface area (Å²) in [5, 5.41) is 0. The van der Waals surface area contributed by atoms with E-state index >= 15 is 0 Å². The second-order valence-electron chi connectivity index (χ2n) is 14.0. The van der Waals surface area contributed by atoms with Gasteiger partial charge in [0.2, 0.25) is 0 Å². The van der Waals surface area contributed by atoms with Crippen LogP contribution < -0.4 is 5.79 Å². The van der Waals surface area contributed by atoms with Crippen LogP contribution >= 0.6 is 34.0 Å². The van der Waals surface area contributed by atoms with E-state index in [-0.39, 0.29) is 0 Å². The molecule has 0 aliphatic rings. The molecule has 6 heteroatoms. The number of thiophene rings is 3. The Bertz CT molecular complexity index is 1310. The monoisotopic (exact) mass is 801 g/mol. The van der Waals surface area contributed by atoms with Gasteiger partial charge in [0.25, 0.3) is 0 Å². The standard InChI is InChI=1S/C27H37NS3.6CH3.2Sn/c1-3-5-7-9-11-13-15-21(16-14-12-10-8-6-4-2)28-22-17-19-29-25(22)27-24(28)26-23(31-27)18-20-30-26;;;;;;;;/h17-18,21H,3-16H2,1-2H3;6*1H3;;. The van der Waals surface area contributed by atoms with Crippen LogP contribution in [0.25, 0.3) is 29.8 Å². The number of aromatic nitrogens is 1. The first-order chi connectivity index (χ1) is 18.6. The predicted octanol–water partition coefficient (Wildman–Crippen LogP) is 12.3. The Balaban J connectivity index is 1.75. The van der Waals surface area contributed by atoms with Gasteiger partial charge in [-0.15, -0.1) is 0 Å². The molecule has 0 aliphatic heterocycles. The van der Waals surface area contributed by atoms with E-state index in [1.807, 2.05) is 0 Å². The first kappa shape index (κ1) is 32.7. The van der Waals surface area contributed by atoms with E-state index in [0.29, 0.717) is 6.04 Å². The summed E-state index contributed by atoms with van der Waals surface area (Å²) in [6.45, 7) is 4.66. The van der Waals surface area contributed by atoms with Gasteiger partial charge in [0.1, 0.15) is 0 Å². The van der Waals surface area contributed by atoms with Crippen LogP contribution in [0.1, 0.15) is 110 Å². The van der Waals surface area contributed by atoms with Crippen molar-refractivity contribution in [2.75, 3.05) is 0 Å². The SMILES string of the molecule is CCCCCCCCC(CCCCCCCC)n1c2c[c]([Sn]([CH3])([CH3])[CH3])sc2c2sc3c[c]([Sn]([CH3])([CH3])[CH3])sc3c21. The van der Waals surface area contributed by atoms with Crippen LogP contribution in [0.4, 0.5) is 0 Å². The van der Waals surface area contributed by atoms with E-state index in [0.717, 1.165) is 0 Å². The van der Waals surface area contributed by atoms with Crippen LogP contribution in [0.3, 0.4) is 0 Å². The van der Waals surface area contributed by atoms with Crippen molar-refractivity contribution in [3.8, 4) is 0 Å². The number of hydrogen-bond donors (Lipinski definition) is 0. The molecule has 0 amide bonds. The Morgan fingerprint density at radius 3 is 1.62 bits per heavy atom. The Morgan fingerprint density at radius 2 is 1.08 bits per heavy atom. The molecule has 0 spiro atoms. The Hall–Kier alpha value is 0.757. The summed E-state index contributed by atoms with van der Waals surface area (Å²) >= 11 is 2.23. The van der Waals surface area contributed by atoms with Crippen molar-refractivity contribution in [3.63, 3.8) is 0 Å². The number of fused-ring (bicyclic) bond motifs is 5. The van der Waals surface area contributed by atoms with Gasteiger partial charge >= 0.3 is 249 Å². The van der Waals surface area contributed by atoms with Crippen LogP contribution in [-0.2, 0) is 0 Å². The molecule has 0 aliphatic carbocycles. The zero-order valence-corrected chi connectivity index (χ0v) is 34.5. The van der Waals surface area contributed by atoms with Crippen molar-refractivity contribution in [1.82, 2.24) is 4.57 Å². The molecule has 0 fully saturated rings. The molecule has 0 atom stereocenters. The van der Waals surface area contributed by atoms with E-state index in [1.165, 1.54) is 89.9 Å². The van der Waals surface area contributed by atoms with E-state index < -0.39 is 36.8 Å². The van der Waals surface area contributed by atoms with Gasteiger partial charge in [-0.05, 0) is 0 Å². The Labute approximate surface area is 259 Å². The Morgan fingerprint density at radius 1 is 0.590 bits per heavy atom. The molecule has 4 aromatic rings. The maximum absolute atomic E-state index is 2.93. The summed E-state index contributed by atoms with van der Waals surface area (Å²) in [5.41, 5.74) is 3.22. The van der Waals surface area contributed by atoms with Crippen molar-refractivity contribution in [2.24, 2.45) is 0 Å². The van der Waals surface area contributed by atoms with Crippen LogP contribution in [0.5, 0.6) is 0 Å². The minimum atomic E-state index is -2.15. The zero-order chi connectivity index (χ0) is 28.2. The van der Waals surface area contributed by atoms with Crippen molar-refractivity contribution in [2.45, 2.75) is 139 Å². The van der Waals surface area contributed by atoms with Gasteiger partial charge in [-0.2, -0.15) is 0 Å². The topological polar surface area (TPSA) is 4.93 Å². The average Bonchev–Trinajstić information content (AvgIpc) is 3.60. The second-order valence-corrected chi connectivity index (χ2v) is 48.0. The van der Waals surface area contributed by atoms with Gasteiger partial charge in [-0.25, -0.2) is 0 Å². The predicted molar refractivity (Wildman–Crippen MR) is 192 cm³/mol. The fraction of sp³-hybridized carbons (Fsp3) is 0.697. The number of hydrogen-bond acceptors (Lipinski definition) is 3. The van der Waals surface area contributed by atoms with Crippen LogP contribution in [0, 0.1) is 0 Å². The summed E-state index contributed by atoms with van der Waals surface area (Å²) in [6.07, 6.45) is 19.5. The average molecular weight is 799 g/mol. The molecule has 0 bridgehead atoms. The van der Waals surface area contributed by atoms with E-state index in [2.05, 4.69) is 94.2 Å². The quantitative estimate of drug-likeness (QED) is 0.0741. The third kappa shape index (κ3) is 8.03.